The highest BCUT2D eigenvalue weighted by Gasteiger charge is 2.22. The van der Waals surface area contributed by atoms with Crippen LogP contribution in [0.25, 0.3) is 0 Å². The molecule has 0 aromatic heterocycles. The van der Waals surface area contributed by atoms with Crippen molar-refractivity contribution in [2.45, 2.75) is 25.2 Å². The van der Waals surface area contributed by atoms with Crippen LogP contribution in [0.4, 0.5) is 11.4 Å². The van der Waals surface area contributed by atoms with Gasteiger partial charge >= 0.3 is 0 Å². The van der Waals surface area contributed by atoms with Crippen LogP contribution in [0.1, 0.15) is 37.4 Å². The third-order valence-corrected chi connectivity index (χ3v) is 8.75. The Morgan fingerprint density at radius 2 is 1.53 bits per heavy atom. The molecule has 0 unspecified atom stereocenters. The van der Waals surface area contributed by atoms with Gasteiger partial charge < -0.3 is 20.1 Å². The second kappa shape index (κ2) is 13.6. The first-order valence-corrected chi connectivity index (χ1v) is 15.2. The van der Waals surface area contributed by atoms with Gasteiger partial charge in [0, 0.05) is 12.1 Å². The van der Waals surface area contributed by atoms with Crippen molar-refractivity contribution in [1.82, 2.24) is 5.32 Å². The minimum Gasteiger partial charge on any atom is -0.493 e. The van der Waals surface area contributed by atoms with Crippen molar-refractivity contribution >= 4 is 44.8 Å². The summed E-state index contributed by atoms with van der Waals surface area (Å²) in [5.41, 5.74) is 3.62. The van der Waals surface area contributed by atoms with E-state index in [2.05, 4.69) is 15.4 Å². The number of rotatable bonds is 11. The quantitative estimate of drug-likeness (QED) is 0.189. The highest BCUT2D eigenvalue weighted by molar-refractivity contribution is 7.92. The maximum absolute atomic E-state index is 13.2. The van der Waals surface area contributed by atoms with Crippen molar-refractivity contribution < 1.29 is 27.5 Å². The van der Waals surface area contributed by atoms with Gasteiger partial charge in [0.1, 0.15) is 4.90 Å². The number of hydrogen-bond acceptors (Lipinski definition) is 6. The topological polar surface area (TPSA) is 123 Å². The maximum atomic E-state index is 13.2. The SMILES string of the molecule is COc1ccc(CCNC(=O)c2ccccc2NC(=O)c2ccc(Cl)c(S(=O)(=O)Nc3cccc(C)c3C)c2)cc1OC. The number of benzene rings is 4. The normalized spacial score (nSPS) is 11.0. The summed E-state index contributed by atoms with van der Waals surface area (Å²) in [6.45, 7) is 4.02. The molecule has 0 heterocycles. The molecule has 0 bridgehead atoms. The molecule has 0 atom stereocenters. The number of aryl methyl sites for hydroxylation is 1. The number of carbonyl (C=O) groups is 2. The first kappa shape index (κ1) is 31.4. The van der Waals surface area contributed by atoms with Gasteiger partial charge in [-0.05, 0) is 85.5 Å². The average Bonchev–Trinajstić information content (AvgIpc) is 2.99. The molecule has 43 heavy (non-hydrogen) atoms. The molecule has 4 aromatic rings. The van der Waals surface area contributed by atoms with E-state index < -0.39 is 15.9 Å². The first-order chi connectivity index (χ1) is 20.5. The van der Waals surface area contributed by atoms with Crippen molar-refractivity contribution in [2.75, 3.05) is 30.8 Å². The molecular formula is C32H32ClN3O6S. The van der Waals surface area contributed by atoms with Crippen LogP contribution in [0.5, 0.6) is 11.5 Å². The van der Waals surface area contributed by atoms with Crippen LogP contribution in [-0.4, -0.2) is 41.0 Å². The van der Waals surface area contributed by atoms with E-state index in [0.717, 1.165) is 16.7 Å². The van der Waals surface area contributed by atoms with Crippen LogP contribution < -0.4 is 24.8 Å². The summed E-state index contributed by atoms with van der Waals surface area (Å²) in [6, 6.07) is 21.3. The third-order valence-electron chi connectivity index (χ3n) is 6.90. The number of anilines is 2. The van der Waals surface area contributed by atoms with E-state index >= 15 is 0 Å². The molecule has 9 nitrogen and oxygen atoms in total. The van der Waals surface area contributed by atoms with E-state index in [1.54, 1.807) is 56.7 Å². The van der Waals surface area contributed by atoms with Gasteiger partial charge in [-0.15, -0.1) is 0 Å². The smallest absolute Gasteiger partial charge is 0.263 e. The van der Waals surface area contributed by atoms with Crippen LogP contribution in [-0.2, 0) is 16.4 Å². The Balaban J connectivity index is 1.47. The van der Waals surface area contributed by atoms with Gasteiger partial charge in [-0.1, -0.05) is 41.9 Å². The summed E-state index contributed by atoms with van der Waals surface area (Å²) >= 11 is 6.26. The largest absolute Gasteiger partial charge is 0.493 e. The molecule has 0 aliphatic heterocycles. The van der Waals surface area contributed by atoms with Gasteiger partial charge in [-0.25, -0.2) is 8.42 Å². The van der Waals surface area contributed by atoms with Crippen molar-refractivity contribution in [3.05, 3.63) is 112 Å². The fourth-order valence-electron chi connectivity index (χ4n) is 4.35. The lowest BCUT2D eigenvalue weighted by Crippen LogP contribution is -2.27. The monoisotopic (exact) mass is 621 g/mol. The summed E-state index contributed by atoms with van der Waals surface area (Å²) < 4.78 is 39.6. The standard InChI is InChI=1S/C32H32ClN3O6S/c1-20-8-7-11-26(21(20)2)36-43(39,40)30-19-23(13-14-25(30)33)31(37)35-27-10-6-5-9-24(27)32(38)34-17-16-22-12-15-28(41-3)29(18-22)42-4/h5-15,18-19,36H,16-17H2,1-4H3,(H,34,38)(H,35,37). The van der Waals surface area contributed by atoms with Crippen LogP contribution >= 0.6 is 11.6 Å². The second-order valence-electron chi connectivity index (χ2n) is 9.69. The van der Waals surface area contributed by atoms with Gasteiger partial charge in [0.2, 0.25) is 0 Å². The molecule has 0 saturated carbocycles. The van der Waals surface area contributed by atoms with Crippen molar-refractivity contribution in [1.29, 1.82) is 0 Å². The van der Waals surface area contributed by atoms with Crippen LogP contribution in [0.3, 0.4) is 0 Å². The molecule has 0 saturated heterocycles. The van der Waals surface area contributed by atoms with Crippen molar-refractivity contribution in [2.24, 2.45) is 0 Å². The Hall–Kier alpha value is -4.54. The molecule has 4 rings (SSSR count). The van der Waals surface area contributed by atoms with Gasteiger partial charge in [-0.3, -0.25) is 14.3 Å². The van der Waals surface area contributed by atoms with Gasteiger partial charge in [0.15, 0.2) is 11.5 Å². The summed E-state index contributed by atoms with van der Waals surface area (Å²) in [5.74, 6) is 0.223. The number of carbonyl (C=O) groups excluding carboxylic acids is 2. The van der Waals surface area contributed by atoms with Gasteiger partial charge in [-0.2, -0.15) is 0 Å². The second-order valence-corrected chi connectivity index (χ2v) is 11.8. The molecule has 0 radical (unpaired) electrons. The lowest BCUT2D eigenvalue weighted by Gasteiger charge is -2.15. The Kier molecular flexibility index (Phi) is 9.95. The summed E-state index contributed by atoms with van der Waals surface area (Å²) in [4.78, 5) is 26.0. The lowest BCUT2D eigenvalue weighted by molar-refractivity contribution is 0.0955. The van der Waals surface area contributed by atoms with E-state index in [0.29, 0.717) is 30.2 Å². The molecule has 0 aliphatic rings. The number of para-hydroxylation sites is 1. The fourth-order valence-corrected chi connectivity index (χ4v) is 6.00. The average molecular weight is 622 g/mol. The number of halogens is 1. The summed E-state index contributed by atoms with van der Waals surface area (Å²) in [6.07, 6.45) is 0.540. The molecule has 3 N–H and O–H groups in total. The summed E-state index contributed by atoms with van der Waals surface area (Å²) in [5, 5.41) is 5.55. The predicted octanol–water partition coefficient (Wildman–Crippen LogP) is 6.00. The van der Waals surface area contributed by atoms with Crippen molar-refractivity contribution in [3.63, 3.8) is 0 Å². The molecule has 2 amide bonds. The number of sulfonamides is 1. The zero-order chi connectivity index (χ0) is 31.1. The maximum Gasteiger partial charge on any atom is 0.263 e. The molecule has 224 valence electrons. The van der Waals surface area contributed by atoms with E-state index in [1.165, 1.54) is 18.2 Å². The van der Waals surface area contributed by atoms with E-state index in [4.69, 9.17) is 21.1 Å². The number of ether oxygens (including phenoxy) is 2. The molecular weight excluding hydrogens is 590 g/mol. The van der Waals surface area contributed by atoms with Gasteiger partial charge in [0.25, 0.3) is 21.8 Å². The van der Waals surface area contributed by atoms with Gasteiger partial charge in [0.05, 0.1) is 36.2 Å². The first-order valence-electron chi connectivity index (χ1n) is 13.3. The minimum absolute atomic E-state index is 0.0383. The van der Waals surface area contributed by atoms with E-state index in [1.807, 2.05) is 32.0 Å². The van der Waals surface area contributed by atoms with Crippen molar-refractivity contribution in [3.8, 4) is 11.5 Å². The number of hydrogen-bond donors (Lipinski definition) is 3. The number of nitrogens with one attached hydrogen (secondary N) is 3. The van der Waals surface area contributed by atoms with Crippen LogP contribution in [0, 0.1) is 13.8 Å². The molecule has 11 heteroatoms. The van der Waals surface area contributed by atoms with E-state index in [-0.39, 0.29) is 32.6 Å². The summed E-state index contributed by atoms with van der Waals surface area (Å²) in [7, 11) is -0.997. The van der Waals surface area contributed by atoms with E-state index in [9.17, 15) is 18.0 Å². The Morgan fingerprint density at radius 3 is 2.28 bits per heavy atom. The van der Waals surface area contributed by atoms with Crippen LogP contribution in [0.15, 0.2) is 83.8 Å². The molecule has 0 spiro atoms. The number of methoxy groups -OCH3 is 2. The van der Waals surface area contributed by atoms with Crippen LogP contribution in [0.2, 0.25) is 5.02 Å². The Labute approximate surface area is 256 Å². The zero-order valence-corrected chi connectivity index (χ0v) is 25.7. The Bertz CT molecular complexity index is 1780. The predicted molar refractivity (Wildman–Crippen MR) is 168 cm³/mol. The Morgan fingerprint density at radius 1 is 0.814 bits per heavy atom. The molecule has 0 fully saturated rings. The minimum atomic E-state index is -4.12. The third kappa shape index (κ3) is 7.46. The highest BCUT2D eigenvalue weighted by atomic mass is 35.5. The molecule has 4 aromatic carbocycles. The molecule has 0 aliphatic carbocycles. The highest BCUT2D eigenvalue weighted by Crippen LogP contribution is 2.29. The lowest BCUT2D eigenvalue weighted by atomic mass is 10.1. The fraction of sp³-hybridized carbons (Fsp3) is 0.188. The number of amides is 2. The zero-order valence-electron chi connectivity index (χ0n) is 24.2.